The molecule has 7 heteroatoms. The van der Waals surface area contributed by atoms with Crippen molar-refractivity contribution >= 4 is 23.5 Å². The summed E-state index contributed by atoms with van der Waals surface area (Å²) in [5.74, 6) is 0.393. The van der Waals surface area contributed by atoms with Gasteiger partial charge in [-0.1, -0.05) is 0 Å². The topological polar surface area (TPSA) is 74.8 Å². The highest BCUT2D eigenvalue weighted by atomic mass is 16.6. The molecule has 0 aromatic carbocycles. The summed E-state index contributed by atoms with van der Waals surface area (Å²) >= 11 is 0. The van der Waals surface area contributed by atoms with Crippen LogP contribution in [-0.2, 0) is 9.53 Å². The van der Waals surface area contributed by atoms with Gasteiger partial charge >= 0.3 is 6.09 Å². The molecule has 1 N–H and O–H groups in total. The van der Waals surface area contributed by atoms with E-state index in [1.165, 1.54) is 6.92 Å². The quantitative estimate of drug-likeness (QED) is 0.903. The fourth-order valence-electron chi connectivity index (χ4n) is 2.30. The molecule has 0 unspecified atom stereocenters. The number of hydrogen-bond acceptors (Lipinski definition) is 5. The molecular weight excluding hydrogens is 296 g/mol. The van der Waals surface area contributed by atoms with E-state index < -0.39 is 5.60 Å². The first kappa shape index (κ1) is 17.1. The van der Waals surface area contributed by atoms with E-state index in [1.54, 1.807) is 17.2 Å². The van der Waals surface area contributed by atoms with E-state index in [2.05, 4.69) is 15.2 Å². The Morgan fingerprint density at radius 1 is 1.17 bits per heavy atom. The molecule has 126 valence electrons. The van der Waals surface area contributed by atoms with Crippen LogP contribution in [0.1, 0.15) is 27.7 Å². The predicted octanol–water partition coefficient (Wildman–Crippen LogP) is 2.10. The summed E-state index contributed by atoms with van der Waals surface area (Å²) in [6.07, 6.45) is 1.46. The lowest BCUT2D eigenvalue weighted by Crippen LogP contribution is -2.50. The van der Waals surface area contributed by atoms with Gasteiger partial charge < -0.3 is 19.9 Å². The fraction of sp³-hybridized carbons (Fsp3) is 0.562. The lowest BCUT2D eigenvalue weighted by Gasteiger charge is -2.36. The van der Waals surface area contributed by atoms with Crippen LogP contribution in [0.15, 0.2) is 18.3 Å². The Bertz CT molecular complexity index is 558. The van der Waals surface area contributed by atoms with Crippen LogP contribution in [0.25, 0.3) is 0 Å². The fourth-order valence-corrected chi connectivity index (χ4v) is 2.30. The molecule has 2 heterocycles. The Balaban J connectivity index is 1.89. The van der Waals surface area contributed by atoms with Gasteiger partial charge in [0, 0.05) is 33.1 Å². The predicted molar refractivity (Wildman–Crippen MR) is 88.6 cm³/mol. The van der Waals surface area contributed by atoms with E-state index in [0.29, 0.717) is 18.9 Å². The summed E-state index contributed by atoms with van der Waals surface area (Å²) in [4.78, 5) is 31.1. The standard InChI is InChI=1S/C16H24N4O3/c1-12(21)18-14-6-5-13(11-17-14)19-7-9-20(10-8-19)15(22)23-16(2,3)4/h5-6,11H,7-10H2,1-4H3,(H,17,18,21). The van der Waals surface area contributed by atoms with Crippen LogP contribution < -0.4 is 10.2 Å². The minimum atomic E-state index is -0.475. The number of aromatic nitrogens is 1. The van der Waals surface area contributed by atoms with E-state index in [4.69, 9.17) is 4.74 Å². The number of carbonyl (C=O) groups is 2. The zero-order valence-electron chi connectivity index (χ0n) is 14.1. The Labute approximate surface area is 136 Å². The average molecular weight is 320 g/mol. The lowest BCUT2D eigenvalue weighted by molar-refractivity contribution is -0.114. The number of rotatable bonds is 2. The first-order valence-corrected chi connectivity index (χ1v) is 7.71. The Kier molecular flexibility index (Phi) is 5.08. The van der Waals surface area contributed by atoms with Gasteiger partial charge in [0.1, 0.15) is 11.4 Å². The Hall–Kier alpha value is -2.31. The van der Waals surface area contributed by atoms with Crippen molar-refractivity contribution in [2.75, 3.05) is 36.4 Å². The molecule has 7 nitrogen and oxygen atoms in total. The number of nitrogens with zero attached hydrogens (tertiary/aromatic N) is 3. The SMILES string of the molecule is CC(=O)Nc1ccc(N2CCN(C(=O)OC(C)(C)C)CC2)cn1. The Morgan fingerprint density at radius 2 is 1.83 bits per heavy atom. The lowest BCUT2D eigenvalue weighted by atomic mass is 10.2. The van der Waals surface area contributed by atoms with Gasteiger partial charge in [0.05, 0.1) is 11.9 Å². The summed E-state index contributed by atoms with van der Waals surface area (Å²) in [5, 5.41) is 2.64. The first-order chi connectivity index (χ1) is 10.7. The van der Waals surface area contributed by atoms with Gasteiger partial charge in [-0.2, -0.15) is 0 Å². The maximum absolute atomic E-state index is 12.0. The number of nitrogens with one attached hydrogen (secondary N) is 1. The molecule has 0 saturated carbocycles. The van der Waals surface area contributed by atoms with E-state index in [-0.39, 0.29) is 12.0 Å². The second-order valence-corrected chi connectivity index (χ2v) is 6.54. The van der Waals surface area contributed by atoms with Crippen LogP contribution in [0.2, 0.25) is 0 Å². The normalized spacial score (nSPS) is 15.3. The highest BCUT2D eigenvalue weighted by Crippen LogP contribution is 2.18. The molecule has 0 atom stereocenters. The molecule has 1 aromatic rings. The van der Waals surface area contributed by atoms with Crippen molar-refractivity contribution in [3.8, 4) is 0 Å². The molecule has 2 rings (SSSR count). The molecule has 1 fully saturated rings. The van der Waals surface area contributed by atoms with E-state index in [1.807, 2.05) is 26.8 Å². The monoisotopic (exact) mass is 320 g/mol. The number of hydrogen-bond donors (Lipinski definition) is 1. The molecule has 1 aliphatic heterocycles. The highest BCUT2D eigenvalue weighted by molar-refractivity contribution is 5.87. The molecule has 0 bridgehead atoms. The van der Waals surface area contributed by atoms with Crippen molar-refractivity contribution in [2.24, 2.45) is 0 Å². The molecule has 23 heavy (non-hydrogen) atoms. The minimum absolute atomic E-state index is 0.142. The molecule has 0 radical (unpaired) electrons. The zero-order valence-corrected chi connectivity index (χ0v) is 14.1. The van der Waals surface area contributed by atoms with Gasteiger partial charge in [0.2, 0.25) is 5.91 Å². The summed E-state index contributed by atoms with van der Waals surface area (Å²) in [6, 6.07) is 3.69. The van der Waals surface area contributed by atoms with Gasteiger partial charge in [0.15, 0.2) is 0 Å². The van der Waals surface area contributed by atoms with Crippen molar-refractivity contribution in [3.63, 3.8) is 0 Å². The Morgan fingerprint density at radius 3 is 2.30 bits per heavy atom. The van der Waals surface area contributed by atoms with Gasteiger partial charge in [-0.3, -0.25) is 4.79 Å². The van der Waals surface area contributed by atoms with E-state index >= 15 is 0 Å². The third-order valence-electron chi connectivity index (χ3n) is 3.35. The number of amides is 2. The van der Waals surface area contributed by atoms with E-state index in [0.717, 1.165) is 18.8 Å². The van der Waals surface area contributed by atoms with Crippen LogP contribution >= 0.6 is 0 Å². The maximum Gasteiger partial charge on any atom is 0.410 e. The van der Waals surface area contributed by atoms with Crippen LogP contribution in [-0.4, -0.2) is 53.7 Å². The molecule has 1 aliphatic rings. The van der Waals surface area contributed by atoms with Crippen molar-refractivity contribution in [3.05, 3.63) is 18.3 Å². The molecule has 2 amide bonds. The van der Waals surface area contributed by atoms with Crippen LogP contribution in [0.5, 0.6) is 0 Å². The van der Waals surface area contributed by atoms with Gasteiger partial charge in [-0.15, -0.1) is 0 Å². The smallest absolute Gasteiger partial charge is 0.410 e. The third-order valence-corrected chi connectivity index (χ3v) is 3.35. The van der Waals surface area contributed by atoms with Gasteiger partial charge in [-0.05, 0) is 32.9 Å². The largest absolute Gasteiger partial charge is 0.444 e. The van der Waals surface area contributed by atoms with Crippen LogP contribution in [0.4, 0.5) is 16.3 Å². The molecule has 1 saturated heterocycles. The van der Waals surface area contributed by atoms with Crippen LogP contribution in [0.3, 0.4) is 0 Å². The summed E-state index contributed by atoms with van der Waals surface area (Å²) < 4.78 is 5.39. The first-order valence-electron chi connectivity index (χ1n) is 7.71. The van der Waals surface area contributed by atoms with E-state index in [9.17, 15) is 9.59 Å². The van der Waals surface area contributed by atoms with Crippen molar-refractivity contribution in [2.45, 2.75) is 33.3 Å². The van der Waals surface area contributed by atoms with Crippen molar-refractivity contribution < 1.29 is 14.3 Å². The third kappa shape index (κ3) is 5.12. The van der Waals surface area contributed by atoms with Gasteiger partial charge in [-0.25, -0.2) is 9.78 Å². The van der Waals surface area contributed by atoms with Crippen molar-refractivity contribution in [1.82, 2.24) is 9.88 Å². The number of carbonyl (C=O) groups excluding carboxylic acids is 2. The zero-order chi connectivity index (χ0) is 17.0. The molecular formula is C16H24N4O3. The highest BCUT2D eigenvalue weighted by Gasteiger charge is 2.25. The number of anilines is 2. The summed E-state index contributed by atoms with van der Waals surface area (Å²) in [6.45, 7) is 9.72. The summed E-state index contributed by atoms with van der Waals surface area (Å²) in [5.41, 5.74) is 0.500. The average Bonchev–Trinajstić information content (AvgIpc) is 2.46. The molecule has 1 aromatic heterocycles. The molecule has 0 aliphatic carbocycles. The van der Waals surface area contributed by atoms with Gasteiger partial charge in [0.25, 0.3) is 0 Å². The van der Waals surface area contributed by atoms with Crippen LogP contribution in [0, 0.1) is 0 Å². The van der Waals surface area contributed by atoms with Crippen molar-refractivity contribution in [1.29, 1.82) is 0 Å². The maximum atomic E-state index is 12.0. The minimum Gasteiger partial charge on any atom is -0.444 e. The number of pyridine rings is 1. The second kappa shape index (κ2) is 6.85. The molecule has 0 spiro atoms. The second-order valence-electron chi connectivity index (χ2n) is 6.54. The summed E-state index contributed by atoms with van der Waals surface area (Å²) in [7, 11) is 0. The number of piperazine rings is 1. The number of ether oxygens (including phenoxy) is 1.